The molecule has 2 aliphatic rings. The van der Waals surface area contributed by atoms with Crippen molar-refractivity contribution in [2.75, 3.05) is 56.1 Å². The molecular formula is C25H34N6O2. The van der Waals surface area contributed by atoms with Crippen molar-refractivity contribution in [3.63, 3.8) is 0 Å². The predicted octanol–water partition coefficient (Wildman–Crippen LogP) is 2.49. The highest BCUT2D eigenvalue weighted by Gasteiger charge is 2.22. The van der Waals surface area contributed by atoms with Gasteiger partial charge in [-0.05, 0) is 49.6 Å². The molecule has 0 radical (unpaired) electrons. The van der Waals surface area contributed by atoms with Crippen molar-refractivity contribution >= 4 is 23.3 Å². The fourth-order valence-corrected chi connectivity index (χ4v) is 4.47. The number of nitrogens with one attached hydrogen (secondary N) is 2. The first kappa shape index (κ1) is 23.0. The Morgan fingerprint density at radius 2 is 1.85 bits per heavy atom. The zero-order chi connectivity index (χ0) is 23.4. The largest absolute Gasteiger partial charge is 0.368 e. The van der Waals surface area contributed by atoms with Crippen molar-refractivity contribution in [3.8, 4) is 11.1 Å². The highest BCUT2D eigenvalue weighted by Crippen LogP contribution is 2.32. The van der Waals surface area contributed by atoms with E-state index in [0.717, 1.165) is 61.6 Å². The van der Waals surface area contributed by atoms with Crippen LogP contribution in [0, 0.1) is 0 Å². The Hall–Kier alpha value is -3.13. The number of aromatic nitrogens is 1. The van der Waals surface area contributed by atoms with Gasteiger partial charge in [0.1, 0.15) is 0 Å². The maximum absolute atomic E-state index is 12.0. The molecule has 33 heavy (non-hydrogen) atoms. The van der Waals surface area contributed by atoms with Crippen LogP contribution >= 0.6 is 0 Å². The first-order chi connectivity index (χ1) is 15.9. The number of nitrogens with zero attached hydrogens (tertiary/aromatic N) is 4. The van der Waals surface area contributed by atoms with E-state index in [1.54, 1.807) is 4.90 Å². The SMILES string of the molecule is CC(C)NC(=O)NCCN1CCN(c2cncc(-c3ccc4c(c3)CCC(=O)N4C)c2)CC1. The smallest absolute Gasteiger partial charge is 0.315 e. The number of pyridine rings is 1. The minimum Gasteiger partial charge on any atom is -0.368 e. The van der Waals surface area contributed by atoms with E-state index < -0.39 is 0 Å². The van der Waals surface area contributed by atoms with Crippen LogP contribution in [-0.4, -0.2) is 74.2 Å². The Kier molecular flexibility index (Phi) is 7.13. The number of hydrogen-bond acceptors (Lipinski definition) is 5. The fraction of sp³-hybridized carbons (Fsp3) is 0.480. The lowest BCUT2D eigenvalue weighted by Gasteiger charge is -2.36. The van der Waals surface area contributed by atoms with Crippen molar-refractivity contribution in [2.45, 2.75) is 32.7 Å². The molecule has 0 saturated carbocycles. The van der Waals surface area contributed by atoms with E-state index in [1.807, 2.05) is 39.4 Å². The van der Waals surface area contributed by atoms with Crippen LogP contribution in [0.15, 0.2) is 36.7 Å². The summed E-state index contributed by atoms with van der Waals surface area (Å²) in [5, 5.41) is 5.77. The lowest BCUT2D eigenvalue weighted by atomic mass is 9.96. The number of fused-ring (bicyclic) bond motifs is 1. The number of hydrogen-bond donors (Lipinski definition) is 2. The van der Waals surface area contributed by atoms with Gasteiger partial charge in [-0.3, -0.25) is 14.7 Å². The molecule has 8 nitrogen and oxygen atoms in total. The van der Waals surface area contributed by atoms with Gasteiger partial charge in [0.25, 0.3) is 0 Å². The number of piperazine rings is 1. The summed E-state index contributed by atoms with van der Waals surface area (Å²) in [6, 6.07) is 8.56. The number of carbonyl (C=O) groups excluding carboxylic acids is 2. The van der Waals surface area contributed by atoms with Crippen LogP contribution in [0.5, 0.6) is 0 Å². The number of aryl methyl sites for hydroxylation is 1. The van der Waals surface area contributed by atoms with Crippen LogP contribution in [0.25, 0.3) is 11.1 Å². The number of anilines is 2. The zero-order valence-electron chi connectivity index (χ0n) is 19.8. The van der Waals surface area contributed by atoms with Crippen LogP contribution in [0.2, 0.25) is 0 Å². The Bertz CT molecular complexity index is 1000. The molecule has 3 amide bonds. The quantitative estimate of drug-likeness (QED) is 0.707. The molecule has 0 bridgehead atoms. The second kappa shape index (κ2) is 10.2. The Morgan fingerprint density at radius 1 is 1.06 bits per heavy atom. The highest BCUT2D eigenvalue weighted by atomic mass is 16.2. The second-order valence-electron chi connectivity index (χ2n) is 9.11. The summed E-state index contributed by atoms with van der Waals surface area (Å²) in [5.41, 5.74) is 5.58. The van der Waals surface area contributed by atoms with E-state index in [0.29, 0.717) is 13.0 Å². The Morgan fingerprint density at radius 3 is 2.61 bits per heavy atom. The standard InChI is InChI=1S/C25H34N6O2/c1-18(2)28-25(33)27-8-9-30-10-12-31(13-11-30)22-15-21(16-26-17-22)19-4-6-23-20(14-19)5-7-24(32)29(23)3/h4,6,14-18H,5,7-13H2,1-3H3,(H2,27,28,33). The minimum atomic E-state index is -0.105. The Balaban J connectivity index is 1.34. The van der Waals surface area contributed by atoms with Crippen LogP contribution in [0.1, 0.15) is 25.8 Å². The molecular weight excluding hydrogens is 416 g/mol. The molecule has 3 heterocycles. The van der Waals surface area contributed by atoms with Gasteiger partial charge < -0.3 is 20.4 Å². The molecule has 1 fully saturated rings. The lowest BCUT2D eigenvalue weighted by molar-refractivity contribution is -0.118. The normalized spacial score (nSPS) is 16.7. The molecule has 176 valence electrons. The molecule has 1 saturated heterocycles. The molecule has 0 spiro atoms. The van der Waals surface area contributed by atoms with Crippen molar-refractivity contribution in [1.82, 2.24) is 20.5 Å². The highest BCUT2D eigenvalue weighted by molar-refractivity contribution is 5.96. The molecule has 1 aromatic carbocycles. The second-order valence-corrected chi connectivity index (χ2v) is 9.11. The average molecular weight is 451 g/mol. The third-order valence-electron chi connectivity index (χ3n) is 6.35. The molecule has 2 aliphatic heterocycles. The van der Waals surface area contributed by atoms with Gasteiger partial charge in [0.05, 0.1) is 11.9 Å². The van der Waals surface area contributed by atoms with Crippen LogP contribution < -0.4 is 20.4 Å². The van der Waals surface area contributed by atoms with Crippen LogP contribution in [0.4, 0.5) is 16.2 Å². The van der Waals surface area contributed by atoms with Gasteiger partial charge in [0, 0.05) is 76.2 Å². The van der Waals surface area contributed by atoms with E-state index >= 15 is 0 Å². The lowest BCUT2D eigenvalue weighted by Crippen LogP contribution is -2.49. The molecule has 1 aromatic heterocycles. The third kappa shape index (κ3) is 5.63. The topological polar surface area (TPSA) is 80.8 Å². The first-order valence-corrected chi connectivity index (χ1v) is 11.8. The van der Waals surface area contributed by atoms with Gasteiger partial charge >= 0.3 is 6.03 Å². The zero-order valence-corrected chi connectivity index (χ0v) is 19.8. The number of rotatable bonds is 6. The maximum Gasteiger partial charge on any atom is 0.315 e. The molecule has 4 rings (SSSR count). The van der Waals surface area contributed by atoms with Gasteiger partial charge in [-0.2, -0.15) is 0 Å². The summed E-state index contributed by atoms with van der Waals surface area (Å²) in [6.07, 6.45) is 5.19. The summed E-state index contributed by atoms with van der Waals surface area (Å²) in [6.45, 7) is 9.18. The summed E-state index contributed by atoms with van der Waals surface area (Å²) >= 11 is 0. The molecule has 8 heteroatoms. The summed E-state index contributed by atoms with van der Waals surface area (Å²) < 4.78 is 0. The van der Waals surface area contributed by atoms with E-state index in [1.165, 1.54) is 5.56 Å². The van der Waals surface area contributed by atoms with Gasteiger partial charge in [0.2, 0.25) is 5.91 Å². The van der Waals surface area contributed by atoms with Crippen LogP contribution in [-0.2, 0) is 11.2 Å². The molecule has 2 aromatic rings. The van der Waals surface area contributed by atoms with Gasteiger partial charge in [-0.25, -0.2) is 4.79 Å². The average Bonchev–Trinajstić information content (AvgIpc) is 2.81. The number of amides is 3. The van der Waals surface area contributed by atoms with Gasteiger partial charge in [-0.1, -0.05) is 6.07 Å². The van der Waals surface area contributed by atoms with Gasteiger partial charge in [0.15, 0.2) is 0 Å². The van der Waals surface area contributed by atoms with E-state index in [4.69, 9.17) is 0 Å². The predicted molar refractivity (Wildman–Crippen MR) is 132 cm³/mol. The number of carbonyl (C=O) groups is 2. The fourth-order valence-electron chi connectivity index (χ4n) is 4.47. The van der Waals surface area contributed by atoms with Crippen molar-refractivity contribution in [3.05, 3.63) is 42.2 Å². The summed E-state index contributed by atoms with van der Waals surface area (Å²) in [7, 11) is 1.85. The van der Waals surface area contributed by atoms with Crippen molar-refractivity contribution in [1.29, 1.82) is 0 Å². The Labute approximate surface area is 196 Å². The number of benzene rings is 1. The molecule has 0 unspecified atom stereocenters. The van der Waals surface area contributed by atoms with E-state index in [9.17, 15) is 9.59 Å². The molecule has 0 aliphatic carbocycles. The third-order valence-corrected chi connectivity index (χ3v) is 6.35. The number of urea groups is 1. The van der Waals surface area contributed by atoms with Crippen molar-refractivity contribution < 1.29 is 9.59 Å². The summed E-state index contributed by atoms with van der Waals surface area (Å²) in [5.74, 6) is 0.174. The molecule has 0 atom stereocenters. The minimum absolute atomic E-state index is 0.105. The first-order valence-electron chi connectivity index (χ1n) is 11.8. The molecule has 2 N–H and O–H groups in total. The van der Waals surface area contributed by atoms with Crippen LogP contribution in [0.3, 0.4) is 0 Å². The van der Waals surface area contributed by atoms with Gasteiger partial charge in [-0.15, -0.1) is 0 Å². The monoisotopic (exact) mass is 450 g/mol. The summed E-state index contributed by atoms with van der Waals surface area (Å²) in [4.78, 5) is 34.7. The van der Waals surface area contributed by atoms with E-state index in [-0.39, 0.29) is 18.0 Å². The van der Waals surface area contributed by atoms with Crippen molar-refractivity contribution in [2.24, 2.45) is 0 Å². The maximum atomic E-state index is 12.0. The van der Waals surface area contributed by atoms with E-state index in [2.05, 4.69) is 43.6 Å².